The Balaban J connectivity index is 1.24. The highest BCUT2D eigenvalue weighted by atomic mass is 16.3. The zero-order chi connectivity index (χ0) is 30.5. The van der Waals surface area contributed by atoms with Gasteiger partial charge in [-0.05, 0) is 75.3 Å². The van der Waals surface area contributed by atoms with Gasteiger partial charge in [-0.1, -0.05) is 133 Å². The Morgan fingerprint density at radius 1 is 0.370 bits per heavy atom. The van der Waals surface area contributed by atoms with Crippen molar-refractivity contribution in [2.24, 2.45) is 0 Å². The summed E-state index contributed by atoms with van der Waals surface area (Å²) in [6, 6.07) is 62.7. The highest BCUT2D eigenvalue weighted by Gasteiger charge is 2.19. The lowest BCUT2D eigenvalue weighted by atomic mass is 9.97. The average Bonchev–Trinajstić information content (AvgIpc) is 3.51. The van der Waals surface area contributed by atoms with E-state index in [1.807, 2.05) is 0 Å². The summed E-state index contributed by atoms with van der Waals surface area (Å²) in [5, 5.41) is 7.04. The van der Waals surface area contributed by atoms with Gasteiger partial charge in [0.05, 0.1) is 5.69 Å². The third-order valence-corrected chi connectivity index (χ3v) is 9.06. The number of rotatable bonds is 5. The fourth-order valence-corrected chi connectivity index (χ4v) is 6.86. The van der Waals surface area contributed by atoms with Gasteiger partial charge in [0.2, 0.25) is 0 Å². The first-order chi connectivity index (χ1) is 22.8. The Labute approximate surface area is 267 Å². The molecule has 0 saturated carbocycles. The summed E-state index contributed by atoms with van der Waals surface area (Å²) in [6.45, 7) is 0. The number of hydrogen-bond donors (Lipinski definition) is 0. The van der Waals surface area contributed by atoms with Crippen LogP contribution in [-0.2, 0) is 0 Å². The van der Waals surface area contributed by atoms with Crippen molar-refractivity contribution in [3.63, 3.8) is 0 Å². The normalized spacial score (nSPS) is 11.5. The van der Waals surface area contributed by atoms with Crippen LogP contribution in [0.5, 0.6) is 0 Å². The quantitative estimate of drug-likeness (QED) is 0.199. The van der Waals surface area contributed by atoms with Gasteiger partial charge in [0.1, 0.15) is 11.2 Å². The average molecular weight is 588 g/mol. The molecule has 0 fully saturated rings. The van der Waals surface area contributed by atoms with Gasteiger partial charge in [-0.15, -0.1) is 0 Å². The molecule has 216 valence electrons. The molecular formula is C44H29NO. The summed E-state index contributed by atoms with van der Waals surface area (Å²) in [7, 11) is 0. The third kappa shape index (κ3) is 4.35. The minimum atomic E-state index is 0.887. The van der Waals surface area contributed by atoms with Crippen LogP contribution in [0.15, 0.2) is 180 Å². The number of furan rings is 1. The van der Waals surface area contributed by atoms with E-state index < -0.39 is 0 Å². The second-order valence-electron chi connectivity index (χ2n) is 11.7. The summed E-state index contributed by atoms with van der Waals surface area (Å²) in [4.78, 5) is 2.37. The van der Waals surface area contributed by atoms with Crippen LogP contribution >= 0.6 is 0 Å². The van der Waals surface area contributed by atoms with Crippen LogP contribution in [0.1, 0.15) is 0 Å². The van der Waals surface area contributed by atoms with Gasteiger partial charge >= 0.3 is 0 Å². The van der Waals surface area contributed by atoms with E-state index in [9.17, 15) is 0 Å². The fraction of sp³-hybridized carbons (Fsp3) is 0. The van der Waals surface area contributed by atoms with Gasteiger partial charge in [-0.3, -0.25) is 0 Å². The molecule has 0 unspecified atom stereocenters. The molecule has 9 rings (SSSR count). The molecule has 0 saturated heterocycles. The molecule has 46 heavy (non-hydrogen) atoms. The van der Waals surface area contributed by atoms with Crippen molar-refractivity contribution in [2.45, 2.75) is 0 Å². The van der Waals surface area contributed by atoms with Crippen molar-refractivity contribution in [3.8, 4) is 22.3 Å². The predicted octanol–water partition coefficient (Wildman–Crippen LogP) is 12.7. The van der Waals surface area contributed by atoms with Crippen molar-refractivity contribution in [1.29, 1.82) is 0 Å². The van der Waals surface area contributed by atoms with E-state index in [2.05, 4.69) is 181 Å². The molecule has 0 aliphatic heterocycles. The molecule has 0 bridgehead atoms. The van der Waals surface area contributed by atoms with Gasteiger partial charge in [0, 0.05) is 33.1 Å². The van der Waals surface area contributed by atoms with Gasteiger partial charge < -0.3 is 9.32 Å². The Bertz CT molecular complexity index is 2520. The Morgan fingerprint density at radius 2 is 1.00 bits per heavy atom. The van der Waals surface area contributed by atoms with Gasteiger partial charge in [0.25, 0.3) is 0 Å². The molecule has 2 heteroatoms. The van der Waals surface area contributed by atoms with Gasteiger partial charge in [-0.2, -0.15) is 0 Å². The van der Waals surface area contributed by atoms with Crippen LogP contribution in [-0.4, -0.2) is 0 Å². The van der Waals surface area contributed by atoms with Crippen molar-refractivity contribution < 1.29 is 4.42 Å². The van der Waals surface area contributed by atoms with Crippen molar-refractivity contribution in [2.75, 3.05) is 4.90 Å². The Kier molecular flexibility index (Phi) is 6.17. The highest BCUT2D eigenvalue weighted by Crippen LogP contribution is 2.44. The number of para-hydroxylation sites is 1. The van der Waals surface area contributed by atoms with Crippen LogP contribution in [0.3, 0.4) is 0 Å². The smallest absolute Gasteiger partial charge is 0.143 e. The first kappa shape index (κ1) is 26.3. The Hall–Kier alpha value is -6.12. The molecule has 0 amide bonds. The summed E-state index contributed by atoms with van der Waals surface area (Å²) >= 11 is 0. The van der Waals surface area contributed by atoms with E-state index in [1.165, 1.54) is 38.4 Å². The van der Waals surface area contributed by atoms with Crippen molar-refractivity contribution >= 4 is 60.5 Å². The highest BCUT2D eigenvalue weighted by molar-refractivity contribution is 6.15. The zero-order valence-corrected chi connectivity index (χ0v) is 25.1. The lowest BCUT2D eigenvalue weighted by Gasteiger charge is -2.28. The molecule has 0 spiro atoms. The molecule has 0 radical (unpaired) electrons. The van der Waals surface area contributed by atoms with Crippen LogP contribution in [0.4, 0.5) is 17.1 Å². The second kappa shape index (κ2) is 10.8. The van der Waals surface area contributed by atoms with Crippen molar-refractivity contribution in [1.82, 2.24) is 0 Å². The molecule has 0 aliphatic rings. The number of benzene rings is 8. The molecule has 0 aliphatic carbocycles. The van der Waals surface area contributed by atoms with E-state index >= 15 is 0 Å². The van der Waals surface area contributed by atoms with Crippen LogP contribution in [0.25, 0.3) is 65.7 Å². The standard InChI is InChI=1S/C44H29NO/c1-2-11-31(12-3-1)38-17-8-9-20-42(38)45(34-24-21-33(22-25-34)37-19-10-15-30-13-4-6-16-36(30)37)35-26-28-43-41(29-35)40-27-23-32-14-5-7-18-39(32)44(40)46-43/h1-29H. The lowest BCUT2D eigenvalue weighted by Crippen LogP contribution is -2.11. The maximum Gasteiger partial charge on any atom is 0.143 e. The fourth-order valence-electron chi connectivity index (χ4n) is 6.86. The monoisotopic (exact) mass is 587 g/mol. The van der Waals surface area contributed by atoms with Gasteiger partial charge in [-0.25, -0.2) is 0 Å². The summed E-state index contributed by atoms with van der Waals surface area (Å²) in [6.07, 6.45) is 0. The minimum absolute atomic E-state index is 0.887. The first-order valence-electron chi connectivity index (χ1n) is 15.7. The molecule has 0 atom stereocenters. The third-order valence-electron chi connectivity index (χ3n) is 9.06. The first-order valence-corrected chi connectivity index (χ1v) is 15.7. The largest absolute Gasteiger partial charge is 0.455 e. The van der Waals surface area contributed by atoms with Gasteiger partial charge in [0.15, 0.2) is 0 Å². The maximum atomic E-state index is 6.49. The SMILES string of the molecule is c1ccc(-c2ccccc2N(c2ccc(-c3cccc4ccccc34)cc2)c2ccc3oc4c5ccccc5ccc4c3c2)cc1. The second-order valence-corrected chi connectivity index (χ2v) is 11.7. The lowest BCUT2D eigenvalue weighted by molar-refractivity contribution is 0.672. The topological polar surface area (TPSA) is 16.4 Å². The summed E-state index contributed by atoms with van der Waals surface area (Å²) < 4.78 is 6.49. The van der Waals surface area contributed by atoms with Crippen LogP contribution < -0.4 is 4.90 Å². The maximum absolute atomic E-state index is 6.49. The molecule has 0 N–H and O–H groups in total. The van der Waals surface area contributed by atoms with E-state index in [0.29, 0.717) is 0 Å². The van der Waals surface area contributed by atoms with E-state index in [-0.39, 0.29) is 0 Å². The molecule has 1 heterocycles. The number of fused-ring (bicyclic) bond motifs is 6. The van der Waals surface area contributed by atoms with E-state index in [1.54, 1.807) is 0 Å². The molecule has 1 aromatic heterocycles. The van der Waals surface area contributed by atoms with Crippen molar-refractivity contribution in [3.05, 3.63) is 176 Å². The molecule has 2 nitrogen and oxygen atoms in total. The minimum Gasteiger partial charge on any atom is -0.455 e. The Morgan fingerprint density at radius 3 is 1.85 bits per heavy atom. The summed E-state index contributed by atoms with van der Waals surface area (Å²) in [5.74, 6) is 0. The molecule has 9 aromatic rings. The number of anilines is 3. The zero-order valence-electron chi connectivity index (χ0n) is 25.1. The molecular weight excluding hydrogens is 558 g/mol. The summed E-state index contributed by atoms with van der Waals surface area (Å²) in [5.41, 5.74) is 9.87. The van der Waals surface area contributed by atoms with E-state index in [0.717, 1.165) is 44.4 Å². The van der Waals surface area contributed by atoms with E-state index in [4.69, 9.17) is 4.42 Å². The number of hydrogen-bond acceptors (Lipinski definition) is 2. The predicted molar refractivity (Wildman–Crippen MR) is 194 cm³/mol. The van der Waals surface area contributed by atoms with Crippen LogP contribution in [0.2, 0.25) is 0 Å². The molecule has 8 aromatic carbocycles. The van der Waals surface area contributed by atoms with Crippen LogP contribution in [0, 0.1) is 0 Å². The number of nitrogens with zero attached hydrogens (tertiary/aromatic N) is 1.